The Bertz CT molecular complexity index is 543. The molecule has 1 aromatic rings. The smallest absolute Gasteiger partial charge is 0.307 e. The molecule has 92 valence electrons. The number of hydrogen-bond acceptors (Lipinski definition) is 3. The molecule has 4 nitrogen and oxygen atoms in total. The van der Waals surface area contributed by atoms with E-state index in [9.17, 15) is 17.1 Å². The van der Waals surface area contributed by atoms with Gasteiger partial charge >= 0.3 is 10.2 Å². The summed E-state index contributed by atoms with van der Waals surface area (Å²) in [5.41, 5.74) is 0.599. The number of benzene rings is 1. The molecule has 0 saturated carbocycles. The van der Waals surface area contributed by atoms with E-state index in [0.29, 0.717) is 5.69 Å². The van der Waals surface area contributed by atoms with Crippen molar-refractivity contribution in [1.29, 1.82) is 0 Å². The van der Waals surface area contributed by atoms with Crippen LogP contribution in [0.15, 0.2) is 24.3 Å². The highest BCUT2D eigenvalue weighted by Gasteiger charge is 2.38. The van der Waals surface area contributed by atoms with E-state index < -0.39 is 15.5 Å². The number of carbonyl (C=O) groups is 1. The number of hydrogen-bond donors (Lipinski definition) is 0. The average molecular weight is 369 g/mol. The first-order chi connectivity index (χ1) is 7.88. The number of anilines is 1. The zero-order chi connectivity index (χ0) is 12.6. The molecule has 17 heavy (non-hydrogen) atoms. The molecule has 1 aliphatic heterocycles. The molecule has 1 aromatic carbocycles. The molecule has 1 amide bonds. The quantitative estimate of drug-likeness (QED) is 0.589. The van der Waals surface area contributed by atoms with Crippen molar-refractivity contribution >= 4 is 44.4 Å². The highest BCUT2D eigenvalue weighted by atomic mass is 127. The van der Waals surface area contributed by atoms with Gasteiger partial charge in [-0.1, -0.05) is 0 Å². The molecule has 7 heteroatoms. The predicted molar refractivity (Wildman–Crippen MR) is 69.9 cm³/mol. The molecule has 1 heterocycles. The summed E-state index contributed by atoms with van der Waals surface area (Å²) in [6.07, 6.45) is -0.287. The number of rotatable bonds is 2. The van der Waals surface area contributed by atoms with Crippen LogP contribution in [-0.2, 0) is 15.0 Å². The van der Waals surface area contributed by atoms with E-state index in [2.05, 4.69) is 22.6 Å². The Kier molecular flexibility index (Phi) is 3.39. The summed E-state index contributed by atoms with van der Waals surface area (Å²) in [5, 5.41) is -1.24. The summed E-state index contributed by atoms with van der Waals surface area (Å²) in [4.78, 5) is 12.9. The molecule has 2 rings (SSSR count). The van der Waals surface area contributed by atoms with Gasteiger partial charge in [-0.2, -0.15) is 8.42 Å². The summed E-state index contributed by atoms with van der Waals surface area (Å²) >= 11 is 2.12. The van der Waals surface area contributed by atoms with E-state index in [1.165, 1.54) is 4.90 Å². The van der Waals surface area contributed by atoms with E-state index in [1.54, 1.807) is 24.3 Å². The second kappa shape index (κ2) is 4.52. The van der Waals surface area contributed by atoms with Gasteiger partial charge in [0.15, 0.2) is 0 Å². The Labute approximate surface area is 112 Å². The first kappa shape index (κ1) is 12.7. The van der Waals surface area contributed by atoms with Crippen molar-refractivity contribution in [3.05, 3.63) is 27.8 Å². The van der Waals surface area contributed by atoms with Crippen LogP contribution in [0, 0.1) is 3.57 Å². The molecule has 0 aliphatic carbocycles. The zero-order valence-electron chi connectivity index (χ0n) is 8.64. The fraction of sp³-hybridized carbons (Fsp3) is 0.300. The van der Waals surface area contributed by atoms with Gasteiger partial charge in [-0.25, -0.2) is 0 Å². The molecule has 1 aliphatic rings. The monoisotopic (exact) mass is 369 g/mol. The number of amides is 1. The maximum Gasteiger partial charge on any atom is 0.307 e. The molecular weight excluding hydrogens is 360 g/mol. The van der Waals surface area contributed by atoms with Crippen molar-refractivity contribution in [3.63, 3.8) is 0 Å². The molecule has 0 spiro atoms. The van der Waals surface area contributed by atoms with Crippen molar-refractivity contribution in [1.82, 2.24) is 0 Å². The van der Waals surface area contributed by atoms with E-state index in [1.807, 2.05) is 0 Å². The standard InChI is InChI=1S/C10H9FINO3S/c11-17(15,16)9-5-10(14)13(6-9)8-3-1-7(12)2-4-8/h1-4,9H,5-6H2. The lowest BCUT2D eigenvalue weighted by Crippen LogP contribution is -2.26. The number of nitrogens with zero attached hydrogens (tertiary/aromatic N) is 1. The molecule has 1 unspecified atom stereocenters. The first-order valence-electron chi connectivity index (χ1n) is 4.87. The highest BCUT2D eigenvalue weighted by Crippen LogP contribution is 2.26. The van der Waals surface area contributed by atoms with E-state index in [-0.39, 0.29) is 18.9 Å². The summed E-state index contributed by atoms with van der Waals surface area (Å²) in [7, 11) is -4.65. The Morgan fingerprint density at radius 1 is 1.29 bits per heavy atom. The SMILES string of the molecule is O=C1CC(S(=O)(=O)F)CN1c1ccc(I)cc1. The van der Waals surface area contributed by atoms with Crippen LogP contribution in [0.3, 0.4) is 0 Å². The van der Waals surface area contributed by atoms with Crippen LogP contribution in [0.25, 0.3) is 0 Å². The predicted octanol–water partition coefficient (Wildman–Crippen LogP) is 1.70. The van der Waals surface area contributed by atoms with Crippen molar-refractivity contribution in [3.8, 4) is 0 Å². The third-order valence-corrected chi connectivity index (χ3v) is 4.46. The molecule has 0 radical (unpaired) electrons. The van der Waals surface area contributed by atoms with Crippen molar-refractivity contribution < 1.29 is 17.1 Å². The maximum atomic E-state index is 12.8. The second-order valence-electron chi connectivity index (χ2n) is 3.78. The fourth-order valence-corrected chi connectivity index (χ4v) is 2.76. The Balaban J connectivity index is 2.24. The van der Waals surface area contributed by atoms with Gasteiger partial charge in [0.1, 0.15) is 5.25 Å². The first-order valence-corrected chi connectivity index (χ1v) is 7.40. The van der Waals surface area contributed by atoms with Crippen LogP contribution >= 0.6 is 22.6 Å². The topological polar surface area (TPSA) is 54.5 Å². The van der Waals surface area contributed by atoms with Crippen LogP contribution in [0.4, 0.5) is 9.57 Å². The van der Waals surface area contributed by atoms with E-state index >= 15 is 0 Å². The van der Waals surface area contributed by atoms with E-state index in [4.69, 9.17) is 0 Å². The largest absolute Gasteiger partial charge is 0.311 e. The number of carbonyl (C=O) groups excluding carboxylic acids is 1. The Morgan fingerprint density at radius 2 is 1.88 bits per heavy atom. The molecule has 1 atom stereocenters. The summed E-state index contributed by atoms with van der Waals surface area (Å²) in [6.45, 7) is -0.113. The van der Waals surface area contributed by atoms with Gasteiger partial charge in [-0.3, -0.25) is 4.79 Å². The van der Waals surface area contributed by atoms with Crippen molar-refractivity contribution in [2.75, 3.05) is 11.4 Å². The normalized spacial score (nSPS) is 20.9. The van der Waals surface area contributed by atoms with Crippen LogP contribution in [-0.4, -0.2) is 26.1 Å². The van der Waals surface area contributed by atoms with Gasteiger partial charge in [0.2, 0.25) is 5.91 Å². The summed E-state index contributed by atoms with van der Waals surface area (Å²) < 4.78 is 35.3. The van der Waals surface area contributed by atoms with Crippen LogP contribution in [0.1, 0.15) is 6.42 Å². The lowest BCUT2D eigenvalue weighted by molar-refractivity contribution is -0.117. The molecule has 1 saturated heterocycles. The minimum Gasteiger partial charge on any atom is -0.311 e. The average Bonchev–Trinajstić information content (AvgIpc) is 2.61. The van der Waals surface area contributed by atoms with Crippen molar-refractivity contribution in [2.45, 2.75) is 11.7 Å². The van der Waals surface area contributed by atoms with Gasteiger partial charge in [-0.05, 0) is 46.9 Å². The highest BCUT2D eigenvalue weighted by molar-refractivity contribution is 14.1. The van der Waals surface area contributed by atoms with Crippen molar-refractivity contribution in [2.24, 2.45) is 0 Å². The van der Waals surface area contributed by atoms with Gasteiger partial charge < -0.3 is 4.90 Å². The van der Waals surface area contributed by atoms with E-state index in [0.717, 1.165) is 3.57 Å². The zero-order valence-corrected chi connectivity index (χ0v) is 11.6. The minimum atomic E-state index is -4.65. The lowest BCUT2D eigenvalue weighted by atomic mass is 10.3. The molecular formula is C10H9FINO3S. The minimum absolute atomic E-state index is 0.113. The molecule has 0 N–H and O–H groups in total. The van der Waals surface area contributed by atoms with Crippen LogP contribution in [0.2, 0.25) is 0 Å². The third kappa shape index (κ3) is 2.76. The second-order valence-corrected chi connectivity index (χ2v) is 6.65. The van der Waals surface area contributed by atoms with Crippen LogP contribution < -0.4 is 4.90 Å². The fourth-order valence-electron chi connectivity index (χ4n) is 1.73. The summed E-state index contributed by atoms with van der Waals surface area (Å²) in [5.74, 6) is -0.363. The molecule has 0 aromatic heterocycles. The Hall–Kier alpha value is -0.700. The van der Waals surface area contributed by atoms with Crippen LogP contribution in [0.5, 0.6) is 0 Å². The lowest BCUT2D eigenvalue weighted by Gasteiger charge is -2.15. The van der Waals surface area contributed by atoms with Gasteiger partial charge in [0.25, 0.3) is 0 Å². The van der Waals surface area contributed by atoms with Gasteiger partial charge in [0.05, 0.1) is 0 Å². The van der Waals surface area contributed by atoms with Gasteiger partial charge in [0, 0.05) is 22.2 Å². The molecule has 1 fully saturated rings. The summed E-state index contributed by atoms with van der Waals surface area (Å²) in [6, 6.07) is 7.04. The third-order valence-electron chi connectivity index (χ3n) is 2.63. The Morgan fingerprint density at radius 3 is 2.35 bits per heavy atom. The molecule has 0 bridgehead atoms. The number of halogens is 2. The maximum absolute atomic E-state index is 12.8. The van der Waals surface area contributed by atoms with Gasteiger partial charge in [-0.15, -0.1) is 3.89 Å².